The lowest BCUT2D eigenvalue weighted by atomic mass is 9.96. The molecular formula is C14H23N3OS. The summed E-state index contributed by atoms with van der Waals surface area (Å²) in [6.07, 6.45) is 3.93. The van der Waals surface area contributed by atoms with Crippen LogP contribution in [0.15, 0.2) is 5.38 Å². The molecule has 0 radical (unpaired) electrons. The summed E-state index contributed by atoms with van der Waals surface area (Å²) in [5, 5.41) is 5.65. The van der Waals surface area contributed by atoms with Gasteiger partial charge in [-0.25, -0.2) is 4.98 Å². The van der Waals surface area contributed by atoms with Crippen molar-refractivity contribution in [3.05, 3.63) is 11.1 Å². The first-order valence-electron chi connectivity index (χ1n) is 6.93. The van der Waals surface area contributed by atoms with E-state index in [9.17, 15) is 4.79 Å². The van der Waals surface area contributed by atoms with Gasteiger partial charge < -0.3 is 5.32 Å². The van der Waals surface area contributed by atoms with Crippen LogP contribution in [0.25, 0.3) is 0 Å². The lowest BCUT2D eigenvalue weighted by molar-refractivity contribution is -0.123. The number of hydrogen-bond acceptors (Lipinski definition) is 4. The molecular weight excluding hydrogens is 258 g/mol. The van der Waals surface area contributed by atoms with Crippen molar-refractivity contribution < 1.29 is 4.79 Å². The van der Waals surface area contributed by atoms with Gasteiger partial charge in [-0.15, -0.1) is 11.3 Å². The zero-order valence-electron chi connectivity index (χ0n) is 12.0. The molecule has 1 aliphatic rings. The number of likely N-dealkylation sites (tertiary alicyclic amines) is 1. The van der Waals surface area contributed by atoms with Crippen LogP contribution in [-0.4, -0.2) is 28.9 Å². The molecule has 4 nitrogen and oxygen atoms in total. The van der Waals surface area contributed by atoms with E-state index in [1.165, 1.54) is 43.7 Å². The number of thiazole rings is 1. The molecule has 1 amide bonds. The number of carbonyl (C=O) groups is 1. The Balaban J connectivity index is 1.89. The molecule has 1 saturated heterocycles. The maximum atomic E-state index is 11.9. The lowest BCUT2D eigenvalue weighted by Crippen LogP contribution is -2.29. The fraction of sp³-hybridized carbons (Fsp3) is 0.714. The van der Waals surface area contributed by atoms with Crippen LogP contribution in [0.2, 0.25) is 0 Å². The number of amides is 1. The third-order valence-electron chi connectivity index (χ3n) is 3.29. The molecule has 1 aromatic heterocycles. The fourth-order valence-corrected chi connectivity index (χ4v) is 2.76. The molecule has 1 aromatic rings. The average molecular weight is 281 g/mol. The van der Waals surface area contributed by atoms with Gasteiger partial charge in [-0.1, -0.05) is 27.2 Å². The molecule has 1 aliphatic heterocycles. The Morgan fingerprint density at radius 1 is 1.37 bits per heavy atom. The number of aromatic nitrogens is 1. The third-order valence-corrected chi connectivity index (χ3v) is 4.09. The highest BCUT2D eigenvalue weighted by Gasteiger charge is 2.22. The molecule has 1 N–H and O–H groups in total. The zero-order valence-corrected chi connectivity index (χ0v) is 12.8. The monoisotopic (exact) mass is 281 g/mol. The Hall–Kier alpha value is -0.940. The molecule has 2 heterocycles. The van der Waals surface area contributed by atoms with Crippen LogP contribution >= 0.6 is 11.3 Å². The van der Waals surface area contributed by atoms with Gasteiger partial charge in [0, 0.05) is 17.3 Å². The summed E-state index contributed by atoms with van der Waals surface area (Å²) in [5.41, 5.74) is 0.690. The van der Waals surface area contributed by atoms with E-state index >= 15 is 0 Å². The molecule has 5 heteroatoms. The predicted octanol–water partition coefficient (Wildman–Crippen LogP) is 3.11. The Morgan fingerprint density at radius 2 is 2.05 bits per heavy atom. The van der Waals surface area contributed by atoms with Crippen LogP contribution in [0.1, 0.15) is 45.7 Å². The highest BCUT2D eigenvalue weighted by Crippen LogP contribution is 2.22. The quantitative estimate of drug-likeness (QED) is 0.926. The summed E-state index contributed by atoms with van der Waals surface area (Å²) >= 11 is 1.51. The SMILES string of the molecule is CC(C)(C)C(=O)Nc1nc(CN2CCCCC2)cs1. The summed E-state index contributed by atoms with van der Waals surface area (Å²) in [6.45, 7) is 8.96. The van der Waals surface area contributed by atoms with Crippen molar-refractivity contribution in [1.82, 2.24) is 9.88 Å². The van der Waals surface area contributed by atoms with Crippen molar-refractivity contribution in [1.29, 1.82) is 0 Å². The van der Waals surface area contributed by atoms with E-state index in [0.29, 0.717) is 5.13 Å². The largest absolute Gasteiger partial charge is 0.302 e. The number of piperidine rings is 1. The Labute approximate surface area is 119 Å². The van der Waals surface area contributed by atoms with Gasteiger partial charge in [0.1, 0.15) is 0 Å². The van der Waals surface area contributed by atoms with Crippen LogP contribution in [-0.2, 0) is 11.3 Å². The molecule has 2 rings (SSSR count). The molecule has 0 aromatic carbocycles. The van der Waals surface area contributed by atoms with E-state index in [0.717, 1.165) is 12.2 Å². The molecule has 0 spiro atoms. The Morgan fingerprint density at radius 3 is 2.68 bits per heavy atom. The normalized spacial score (nSPS) is 17.4. The Bertz CT molecular complexity index is 430. The van der Waals surface area contributed by atoms with Gasteiger partial charge in [-0.2, -0.15) is 0 Å². The second-order valence-electron chi connectivity index (χ2n) is 6.18. The van der Waals surface area contributed by atoms with Gasteiger partial charge in [0.05, 0.1) is 5.69 Å². The summed E-state index contributed by atoms with van der Waals surface area (Å²) in [6, 6.07) is 0. The third kappa shape index (κ3) is 4.28. The molecule has 0 aliphatic carbocycles. The van der Waals surface area contributed by atoms with Crippen LogP contribution < -0.4 is 5.32 Å². The van der Waals surface area contributed by atoms with Gasteiger partial charge in [0.2, 0.25) is 5.91 Å². The van der Waals surface area contributed by atoms with Gasteiger partial charge >= 0.3 is 0 Å². The molecule has 19 heavy (non-hydrogen) atoms. The highest BCUT2D eigenvalue weighted by atomic mass is 32.1. The van der Waals surface area contributed by atoms with E-state index in [1.54, 1.807) is 0 Å². The second-order valence-corrected chi connectivity index (χ2v) is 7.04. The van der Waals surface area contributed by atoms with E-state index in [4.69, 9.17) is 0 Å². The molecule has 0 saturated carbocycles. The Kier molecular flexibility index (Phi) is 4.58. The minimum absolute atomic E-state index is 0.0198. The molecule has 0 atom stereocenters. The van der Waals surface area contributed by atoms with Crippen molar-refractivity contribution in [3.63, 3.8) is 0 Å². The number of rotatable bonds is 3. The number of anilines is 1. The maximum Gasteiger partial charge on any atom is 0.231 e. The average Bonchev–Trinajstić information content (AvgIpc) is 2.76. The maximum absolute atomic E-state index is 11.9. The van der Waals surface area contributed by atoms with Gasteiger partial charge in [-0.3, -0.25) is 9.69 Å². The molecule has 0 bridgehead atoms. The van der Waals surface area contributed by atoms with Gasteiger partial charge in [0.15, 0.2) is 5.13 Å². The standard InChI is InChI=1S/C14H23N3OS/c1-14(2,3)12(18)16-13-15-11(10-19-13)9-17-7-5-4-6-8-17/h10H,4-9H2,1-3H3,(H,15,16,18). The van der Waals surface area contributed by atoms with Crippen molar-refractivity contribution in [2.24, 2.45) is 5.41 Å². The summed E-state index contributed by atoms with van der Waals surface area (Å²) in [7, 11) is 0. The first-order chi connectivity index (χ1) is 8.95. The van der Waals surface area contributed by atoms with Crippen LogP contribution in [0.5, 0.6) is 0 Å². The van der Waals surface area contributed by atoms with E-state index in [2.05, 4.69) is 15.2 Å². The van der Waals surface area contributed by atoms with Gasteiger partial charge in [-0.05, 0) is 25.9 Å². The molecule has 106 valence electrons. The fourth-order valence-electron chi connectivity index (χ4n) is 2.07. The second kappa shape index (κ2) is 6.01. The summed E-state index contributed by atoms with van der Waals surface area (Å²) < 4.78 is 0. The van der Waals surface area contributed by atoms with Crippen molar-refractivity contribution >= 4 is 22.4 Å². The van der Waals surface area contributed by atoms with Crippen LogP contribution in [0, 0.1) is 5.41 Å². The first kappa shape index (κ1) is 14.5. The van der Waals surface area contributed by atoms with E-state index < -0.39 is 0 Å². The number of nitrogens with one attached hydrogen (secondary N) is 1. The smallest absolute Gasteiger partial charge is 0.231 e. The number of nitrogens with zero attached hydrogens (tertiary/aromatic N) is 2. The lowest BCUT2D eigenvalue weighted by Gasteiger charge is -2.25. The predicted molar refractivity (Wildman–Crippen MR) is 79.3 cm³/mol. The number of hydrogen-bond donors (Lipinski definition) is 1. The van der Waals surface area contributed by atoms with Crippen LogP contribution in [0.4, 0.5) is 5.13 Å². The van der Waals surface area contributed by atoms with E-state index in [-0.39, 0.29) is 11.3 Å². The first-order valence-corrected chi connectivity index (χ1v) is 7.81. The minimum atomic E-state index is -0.376. The minimum Gasteiger partial charge on any atom is -0.302 e. The van der Waals surface area contributed by atoms with Crippen molar-refractivity contribution in [2.45, 2.75) is 46.6 Å². The highest BCUT2D eigenvalue weighted by molar-refractivity contribution is 7.13. The van der Waals surface area contributed by atoms with Crippen molar-refractivity contribution in [3.8, 4) is 0 Å². The summed E-state index contributed by atoms with van der Waals surface area (Å²) in [4.78, 5) is 18.8. The van der Waals surface area contributed by atoms with E-state index in [1.807, 2.05) is 26.2 Å². The van der Waals surface area contributed by atoms with Crippen LogP contribution in [0.3, 0.4) is 0 Å². The van der Waals surface area contributed by atoms with Gasteiger partial charge in [0.25, 0.3) is 0 Å². The number of carbonyl (C=O) groups excluding carboxylic acids is 1. The summed E-state index contributed by atoms with van der Waals surface area (Å²) in [5.74, 6) is 0.0198. The van der Waals surface area contributed by atoms with Crippen molar-refractivity contribution in [2.75, 3.05) is 18.4 Å². The topological polar surface area (TPSA) is 45.2 Å². The zero-order chi connectivity index (χ0) is 13.9. The molecule has 1 fully saturated rings. The molecule has 0 unspecified atom stereocenters.